The number of non-ortho nitro benzene ring substituents is 1. The second-order valence-corrected chi connectivity index (χ2v) is 2.84. The van der Waals surface area contributed by atoms with Crippen molar-refractivity contribution in [2.75, 3.05) is 5.01 Å². The third-order valence-corrected chi connectivity index (χ3v) is 1.77. The van der Waals surface area contributed by atoms with Gasteiger partial charge in [-0.2, -0.15) is 0 Å². The first-order valence-corrected chi connectivity index (χ1v) is 4.13. The number of hydrogen-bond acceptors (Lipinski definition) is 5. The van der Waals surface area contributed by atoms with Gasteiger partial charge in [-0.25, -0.2) is 10.1 Å². The topological polar surface area (TPSA) is 107 Å². The molecule has 0 atom stereocenters. The molecule has 1 amide bonds. The first-order valence-electron chi connectivity index (χ1n) is 4.13. The summed E-state index contributed by atoms with van der Waals surface area (Å²) < 4.78 is 0. The van der Waals surface area contributed by atoms with Crippen molar-refractivity contribution in [1.29, 1.82) is 0 Å². The first-order chi connectivity index (χ1) is 7.43. The van der Waals surface area contributed by atoms with Crippen LogP contribution in [0, 0.1) is 20.2 Å². The monoisotopic (exact) mass is 225 g/mol. The summed E-state index contributed by atoms with van der Waals surface area (Å²) in [7, 11) is 0. The molecule has 0 saturated carbocycles. The van der Waals surface area contributed by atoms with Gasteiger partial charge >= 0.3 is 0 Å². The molecule has 0 fully saturated rings. The van der Waals surface area contributed by atoms with Crippen LogP contribution in [-0.2, 0) is 4.79 Å². The molecule has 0 N–H and O–H groups in total. The van der Waals surface area contributed by atoms with E-state index in [-0.39, 0.29) is 11.4 Å². The quantitative estimate of drug-likeness (QED) is 0.566. The highest BCUT2D eigenvalue weighted by Crippen LogP contribution is 2.19. The predicted molar refractivity (Wildman–Crippen MR) is 53.3 cm³/mol. The number of carbonyl (C=O) groups is 1. The van der Waals surface area contributed by atoms with E-state index in [1.807, 2.05) is 0 Å². The zero-order valence-electron chi connectivity index (χ0n) is 8.19. The molecule has 0 bridgehead atoms. The maximum absolute atomic E-state index is 11.0. The minimum atomic E-state index is -0.885. The lowest BCUT2D eigenvalue weighted by atomic mass is 10.3. The van der Waals surface area contributed by atoms with Gasteiger partial charge in [0.15, 0.2) is 5.03 Å². The summed E-state index contributed by atoms with van der Waals surface area (Å²) in [4.78, 5) is 31.2. The highest BCUT2D eigenvalue weighted by atomic mass is 16.7. The fourth-order valence-electron chi connectivity index (χ4n) is 1.11. The number of benzene rings is 1. The predicted octanol–water partition coefficient (Wildman–Crippen LogP) is 1.14. The SMILES string of the molecule is CC(=O)N(c1ccc([N+](=O)[O-])cc1)[N+](=O)[O-]. The molecule has 1 rings (SSSR count). The molecule has 0 aliphatic heterocycles. The first kappa shape index (κ1) is 11.6. The van der Waals surface area contributed by atoms with Crippen LogP contribution >= 0.6 is 0 Å². The minimum Gasteiger partial charge on any atom is -0.269 e. The Balaban J connectivity index is 3.08. The molecule has 84 valence electrons. The average Bonchev–Trinajstić information content (AvgIpc) is 2.17. The molecule has 0 aromatic heterocycles. The molecule has 0 saturated heterocycles. The van der Waals surface area contributed by atoms with Gasteiger partial charge in [0.25, 0.3) is 11.6 Å². The second-order valence-electron chi connectivity index (χ2n) is 2.84. The van der Waals surface area contributed by atoms with Gasteiger partial charge in [0.1, 0.15) is 5.69 Å². The van der Waals surface area contributed by atoms with Gasteiger partial charge in [-0.05, 0) is 17.1 Å². The molecule has 1 aromatic rings. The lowest BCUT2D eigenvalue weighted by Crippen LogP contribution is -2.34. The van der Waals surface area contributed by atoms with Crippen molar-refractivity contribution in [2.24, 2.45) is 0 Å². The standard InChI is InChI=1S/C8H7N3O5/c1-6(12)9(11(15)16)7-2-4-8(5-3-7)10(13)14/h2-5H,1H3. The Morgan fingerprint density at radius 3 is 2.00 bits per heavy atom. The Labute approximate surface area is 89.4 Å². The lowest BCUT2D eigenvalue weighted by molar-refractivity contribution is -0.483. The van der Waals surface area contributed by atoms with Gasteiger partial charge in [-0.1, -0.05) is 0 Å². The zero-order valence-corrected chi connectivity index (χ0v) is 8.19. The number of nitro benzene ring substituents is 1. The van der Waals surface area contributed by atoms with E-state index >= 15 is 0 Å². The average molecular weight is 225 g/mol. The Kier molecular flexibility index (Phi) is 3.14. The van der Waals surface area contributed by atoms with Gasteiger partial charge in [0.2, 0.25) is 0 Å². The number of amides is 1. The van der Waals surface area contributed by atoms with E-state index in [1.54, 1.807) is 0 Å². The van der Waals surface area contributed by atoms with Crippen LogP contribution in [0.1, 0.15) is 6.92 Å². The van der Waals surface area contributed by atoms with Crippen LogP contribution in [0.4, 0.5) is 11.4 Å². The number of anilines is 1. The molecule has 16 heavy (non-hydrogen) atoms. The second kappa shape index (κ2) is 4.34. The highest BCUT2D eigenvalue weighted by Gasteiger charge is 2.23. The molecule has 8 nitrogen and oxygen atoms in total. The molecule has 0 unspecified atom stereocenters. The molecule has 1 aromatic carbocycles. The van der Waals surface area contributed by atoms with Crippen molar-refractivity contribution in [1.82, 2.24) is 0 Å². The lowest BCUT2D eigenvalue weighted by Gasteiger charge is -2.08. The summed E-state index contributed by atoms with van der Waals surface area (Å²) in [5, 5.41) is 20.3. The molecule has 0 aliphatic carbocycles. The Hall–Kier alpha value is -2.51. The van der Waals surface area contributed by atoms with Gasteiger partial charge in [-0.3, -0.25) is 14.9 Å². The van der Waals surface area contributed by atoms with Crippen molar-refractivity contribution in [3.8, 4) is 0 Å². The fourth-order valence-corrected chi connectivity index (χ4v) is 1.11. The molecular formula is C8H7N3O5. The van der Waals surface area contributed by atoms with Crippen molar-refractivity contribution < 1.29 is 14.8 Å². The van der Waals surface area contributed by atoms with Crippen LogP contribution in [0.15, 0.2) is 24.3 Å². The zero-order chi connectivity index (χ0) is 12.3. The van der Waals surface area contributed by atoms with Crippen LogP contribution in [-0.4, -0.2) is 15.9 Å². The minimum absolute atomic E-state index is 0.0249. The van der Waals surface area contributed by atoms with E-state index in [0.29, 0.717) is 5.01 Å². The van der Waals surface area contributed by atoms with E-state index in [0.717, 1.165) is 31.2 Å². The van der Waals surface area contributed by atoms with E-state index < -0.39 is 15.9 Å². The smallest absolute Gasteiger partial charge is 0.269 e. The van der Waals surface area contributed by atoms with E-state index in [4.69, 9.17) is 0 Å². The largest absolute Gasteiger partial charge is 0.286 e. The van der Waals surface area contributed by atoms with Gasteiger partial charge in [0, 0.05) is 19.1 Å². The Bertz CT molecular complexity index is 427. The number of hydrazine groups is 1. The van der Waals surface area contributed by atoms with Crippen LogP contribution in [0.2, 0.25) is 0 Å². The number of nitrogens with zero attached hydrogens (tertiary/aromatic N) is 3. The summed E-state index contributed by atoms with van der Waals surface area (Å²) in [6.07, 6.45) is 0. The van der Waals surface area contributed by atoms with Crippen LogP contribution in [0.5, 0.6) is 0 Å². The highest BCUT2D eigenvalue weighted by molar-refractivity contribution is 5.89. The van der Waals surface area contributed by atoms with E-state index in [1.165, 1.54) is 0 Å². The summed E-state index contributed by atoms with van der Waals surface area (Å²) in [5.41, 5.74) is -0.223. The maximum Gasteiger partial charge on any atom is 0.286 e. The van der Waals surface area contributed by atoms with Crippen molar-refractivity contribution in [3.05, 3.63) is 44.5 Å². The summed E-state index contributed by atoms with van der Waals surface area (Å²) in [6.45, 7) is 1.03. The third-order valence-electron chi connectivity index (χ3n) is 1.77. The molecule has 8 heteroatoms. The maximum atomic E-state index is 11.0. The summed E-state index contributed by atoms with van der Waals surface area (Å²) in [5.74, 6) is -0.779. The number of nitro groups is 2. The van der Waals surface area contributed by atoms with Crippen LogP contribution < -0.4 is 5.01 Å². The molecule has 0 radical (unpaired) electrons. The van der Waals surface area contributed by atoms with Gasteiger partial charge in [0.05, 0.1) is 4.92 Å². The van der Waals surface area contributed by atoms with Gasteiger partial charge in [-0.15, -0.1) is 0 Å². The molecule has 0 heterocycles. The third kappa shape index (κ3) is 2.29. The van der Waals surface area contributed by atoms with Gasteiger partial charge < -0.3 is 0 Å². The van der Waals surface area contributed by atoms with Crippen LogP contribution in [0.25, 0.3) is 0 Å². The molecular weight excluding hydrogens is 218 g/mol. The molecule has 0 aliphatic rings. The molecule has 0 spiro atoms. The van der Waals surface area contributed by atoms with E-state index in [9.17, 15) is 25.0 Å². The van der Waals surface area contributed by atoms with Crippen LogP contribution in [0.3, 0.4) is 0 Å². The number of carbonyl (C=O) groups excluding carboxylic acids is 1. The normalized spacial score (nSPS) is 9.56. The number of hydrogen-bond donors (Lipinski definition) is 0. The van der Waals surface area contributed by atoms with Crippen molar-refractivity contribution >= 4 is 17.3 Å². The van der Waals surface area contributed by atoms with E-state index in [2.05, 4.69) is 0 Å². The van der Waals surface area contributed by atoms with Crippen molar-refractivity contribution in [2.45, 2.75) is 6.92 Å². The Morgan fingerprint density at radius 2 is 1.69 bits per heavy atom. The summed E-state index contributed by atoms with van der Waals surface area (Å²) >= 11 is 0. The fraction of sp³-hybridized carbons (Fsp3) is 0.125. The number of rotatable bonds is 3. The Morgan fingerprint density at radius 1 is 1.19 bits per heavy atom. The summed E-state index contributed by atoms with van der Waals surface area (Å²) in [6, 6.07) is 4.47. The van der Waals surface area contributed by atoms with Crippen molar-refractivity contribution in [3.63, 3.8) is 0 Å².